The lowest BCUT2D eigenvalue weighted by atomic mass is 9.69. The molecule has 148 valence electrons. The van der Waals surface area contributed by atoms with Crippen LogP contribution >= 0.6 is 0 Å². The quantitative estimate of drug-likeness (QED) is 0.575. The summed E-state index contributed by atoms with van der Waals surface area (Å²) in [5.41, 5.74) is -0.378. The van der Waals surface area contributed by atoms with E-state index in [2.05, 4.69) is 27.7 Å². The molecule has 0 unspecified atom stereocenters. The summed E-state index contributed by atoms with van der Waals surface area (Å²) in [5.74, 6) is 0.940. The Morgan fingerprint density at radius 1 is 0.846 bits per heavy atom. The van der Waals surface area contributed by atoms with Crippen LogP contribution < -0.4 is 9.80 Å². The van der Waals surface area contributed by atoms with Gasteiger partial charge in [-0.3, -0.25) is 0 Å². The molecular formula is C23H39NO2. The molecule has 0 atom stereocenters. The van der Waals surface area contributed by atoms with Crippen molar-refractivity contribution in [3.63, 3.8) is 0 Å². The number of ether oxygens (including phenoxy) is 1. The van der Waals surface area contributed by atoms with Crippen molar-refractivity contribution in [3.8, 4) is 5.75 Å². The molecule has 3 heteroatoms. The van der Waals surface area contributed by atoms with Crippen LogP contribution in [0.15, 0.2) is 30.3 Å². The van der Waals surface area contributed by atoms with Crippen molar-refractivity contribution in [2.75, 3.05) is 0 Å². The monoisotopic (exact) mass is 361 g/mol. The number of rotatable bonds is 10. The molecule has 0 spiro atoms. The average Bonchev–Trinajstić information content (AvgIpc) is 2.61. The van der Waals surface area contributed by atoms with Gasteiger partial charge in [0.15, 0.2) is 0 Å². The van der Waals surface area contributed by atoms with Crippen LogP contribution in [0.3, 0.4) is 0 Å². The van der Waals surface area contributed by atoms with Crippen molar-refractivity contribution < 1.29 is 9.80 Å². The Hall–Kier alpha value is -1.06. The van der Waals surface area contributed by atoms with Gasteiger partial charge in [0, 0.05) is 38.5 Å². The minimum Gasteiger partial charge on any atom is -0.633 e. The van der Waals surface area contributed by atoms with Gasteiger partial charge < -0.3 is 15.0 Å². The predicted octanol–water partition coefficient (Wildman–Crippen LogP) is 5.29. The standard InChI is InChI=1S/C23H39NO2/c1-5-14-22(15-6-2)18-21(26-20-12-10-9-11-13-20)19-23(16-7-3,17-8-4)24(22)25/h9-13,21,24H,5-8,14-19H2,1-4H3. The van der Waals surface area contributed by atoms with Crippen LogP contribution in [0.2, 0.25) is 0 Å². The highest BCUT2D eigenvalue weighted by Crippen LogP contribution is 2.37. The molecule has 1 saturated heterocycles. The van der Waals surface area contributed by atoms with Crippen molar-refractivity contribution >= 4 is 0 Å². The lowest BCUT2D eigenvalue weighted by Gasteiger charge is -2.59. The van der Waals surface area contributed by atoms with Crippen molar-refractivity contribution in [2.45, 2.75) is 109 Å². The molecule has 2 rings (SSSR count). The molecule has 1 heterocycles. The molecule has 3 nitrogen and oxygen atoms in total. The third kappa shape index (κ3) is 4.61. The molecule has 1 aromatic rings. The van der Waals surface area contributed by atoms with Gasteiger partial charge in [0.05, 0.1) is 0 Å². The summed E-state index contributed by atoms with van der Waals surface area (Å²) in [6.45, 7) is 8.86. The summed E-state index contributed by atoms with van der Waals surface area (Å²) in [6.07, 6.45) is 10.2. The number of nitrogens with one attached hydrogen (secondary N) is 1. The molecule has 1 fully saturated rings. The molecule has 0 radical (unpaired) electrons. The summed E-state index contributed by atoms with van der Waals surface area (Å²) < 4.78 is 6.45. The molecule has 0 aromatic heterocycles. The maximum atomic E-state index is 13.9. The topological polar surface area (TPSA) is 36.7 Å². The van der Waals surface area contributed by atoms with Crippen molar-refractivity contribution in [1.82, 2.24) is 0 Å². The molecule has 1 N–H and O–H groups in total. The number of quaternary nitrogens is 1. The van der Waals surface area contributed by atoms with Gasteiger partial charge in [0.1, 0.15) is 22.9 Å². The van der Waals surface area contributed by atoms with Crippen LogP contribution in [0.5, 0.6) is 5.75 Å². The number of benzene rings is 1. The van der Waals surface area contributed by atoms with Gasteiger partial charge in [-0.05, 0) is 12.1 Å². The predicted molar refractivity (Wildman–Crippen MR) is 110 cm³/mol. The molecule has 26 heavy (non-hydrogen) atoms. The van der Waals surface area contributed by atoms with E-state index in [0.717, 1.165) is 70.0 Å². The number of hydrogen-bond donors (Lipinski definition) is 1. The fourth-order valence-electron chi connectivity index (χ4n) is 5.49. The summed E-state index contributed by atoms with van der Waals surface area (Å²) in [5, 5.41) is 14.4. The van der Waals surface area contributed by atoms with Crippen LogP contribution in [0, 0.1) is 5.21 Å². The van der Waals surface area contributed by atoms with Crippen LogP contribution in [0.25, 0.3) is 0 Å². The number of piperidine rings is 1. The van der Waals surface area contributed by atoms with Gasteiger partial charge in [-0.15, -0.1) is 0 Å². The average molecular weight is 362 g/mol. The second-order valence-corrected chi connectivity index (χ2v) is 8.35. The smallest absolute Gasteiger partial charge is 0.119 e. The van der Waals surface area contributed by atoms with Crippen LogP contribution in [0.1, 0.15) is 91.9 Å². The summed E-state index contributed by atoms with van der Waals surface area (Å²) in [6, 6.07) is 10.2. The van der Waals surface area contributed by atoms with Gasteiger partial charge in [0.25, 0.3) is 0 Å². The summed E-state index contributed by atoms with van der Waals surface area (Å²) >= 11 is 0. The fourth-order valence-corrected chi connectivity index (χ4v) is 5.49. The Bertz CT molecular complexity index is 478. The highest BCUT2D eigenvalue weighted by molar-refractivity contribution is 5.21. The van der Waals surface area contributed by atoms with E-state index in [1.807, 2.05) is 30.3 Å². The molecular weight excluding hydrogens is 322 g/mol. The van der Waals surface area contributed by atoms with E-state index >= 15 is 0 Å². The van der Waals surface area contributed by atoms with E-state index in [1.54, 1.807) is 0 Å². The van der Waals surface area contributed by atoms with E-state index in [-0.39, 0.29) is 17.2 Å². The first-order chi connectivity index (χ1) is 12.6. The summed E-state index contributed by atoms with van der Waals surface area (Å²) in [7, 11) is 0. The van der Waals surface area contributed by atoms with Crippen molar-refractivity contribution in [1.29, 1.82) is 0 Å². The Balaban J connectivity index is 2.37. The zero-order chi connectivity index (χ0) is 19.0. The van der Waals surface area contributed by atoms with E-state index in [0.29, 0.717) is 5.06 Å². The fraction of sp³-hybridized carbons (Fsp3) is 0.739. The van der Waals surface area contributed by atoms with Gasteiger partial charge in [-0.1, -0.05) is 71.6 Å². The SMILES string of the molecule is CCCC1(CCC)CC(Oc2ccccc2)CC(CCC)(CCC)[NH+]1[O-]. The lowest BCUT2D eigenvalue weighted by molar-refractivity contribution is -0.967. The Labute approximate surface area is 160 Å². The molecule has 1 aliphatic heterocycles. The van der Waals surface area contributed by atoms with Gasteiger partial charge >= 0.3 is 0 Å². The number of hydroxylamine groups is 2. The molecule has 1 aromatic carbocycles. The highest BCUT2D eigenvalue weighted by atomic mass is 16.5. The highest BCUT2D eigenvalue weighted by Gasteiger charge is 2.53. The first-order valence-corrected chi connectivity index (χ1v) is 10.8. The van der Waals surface area contributed by atoms with Crippen LogP contribution in [-0.2, 0) is 0 Å². The molecule has 0 amide bonds. The van der Waals surface area contributed by atoms with Crippen molar-refractivity contribution in [2.24, 2.45) is 0 Å². The largest absolute Gasteiger partial charge is 0.633 e. The second-order valence-electron chi connectivity index (χ2n) is 8.35. The number of hydrogen-bond acceptors (Lipinski definition) is 2. The summed E-state index contributed by atoms with van der Waals surface area (Å²) in [4.78, 5) is 0. The molecule has 0 saturated carbocycles. The normalized spacial score (nSPS) is 24.3. The third-order valence-electron chi connectivity index (χ3n) is 6.16. The van der Waals surface area contributed by atoms with E-state index in [9.17, 15) is 5.21 Å². The van der Waals surface area contributed by atoms with Gasteiger partial charge in [0.2, 0.25) is 0 Å². The van der Waals surface area contributed by atoms with E-state index in [1.165, 1.54) is 0 Å². The molecule has 1 aliphatic rings. The Morgan fingerprint density at radius 2 is 1.27 bits per heavy atom. The van der Waals surface area contributed by atoms with Crippen molar-refractivity contribution in [3.05, 3.63) is 35.5 Å². The van der Waals surface area contributed by atoms with Gasteiger partial charge in [-0.2, -0.15) is 0 Å². The molecule has 0 aliphatic carbocycles. The lowest BCUT2D eigenvalue weighted by Crippen LogP contribution is -3.25. The number of para-hydroxylation sites is 1. The van der Waals surface area contributed by atoms with Crippen LogP contribution in [0.4, 0.5) is 0 Å². The maximum absolute atomic E-state index is 13.9. The minimum atomic E-state index is -0.189. The van der Waals surface area contributed by atoms with E-state index in [4.69, 9.17) is 4.74 Å². The second kappa shape index (κ2) is 9.75. The minimum absolute atomic E-state index is 0.145. The maximum Gasteiger partial charge on any atom is 0.119 e. The first kappa shape index (κ1) is 21.2. The Kier molecular flexibility index (Phi) is 7.97. The first-order valence-electron chi connectivity index (χ1n) is 10.8. The van der Waals surface area contributed by atoms with E-state index < -0.39 is 0 Å². The molecule has 0 bridgehead atoms. The zero-order valence-electron chi connectivity index (χ0n) is 17.4. The third-order valence-corrected chi connectivity index (χ3v) is 6.16. The van der Waals surface area contributed by atoms with Gasteiger partial charge in [-0.25, -0.2) is 0 Å². The zero-order valence-corrected chi connectivity index (χ0v) is 17.4. The van der Waals surface area contributed by atoms with Crippen LogP contribution in [-0.4, -0.2) is 17.2 Å². The Morgan fingerprint density at radius 3 is 1.65 bits per heavy atom.